The number of ether oxygens (including phenoxy) is 5. The van der Waals surface area contributed by atoms with E-state index < -0.39 is 102 Å². The van der Waals surface area contributed by atoms with Gasteiger partial charge in [0.2, 0.25) is 5.79 Å². The zero-order chi connectivity index (χ0) is 48.2. The molecule has 2 bridgehead atoms. The Balaban J connectivity index is 1.78. The number of carbonyl (C=O) groups excluding carboxylic acids is 4. The molecule has 2 saturated heterocycles. The van der Waals surface area contributed by atoms with Crippen LogP contribution >= 0.6 is 11.8 Å². The highest BCUT2D eigenvalue weighted by molar-refractivity contribution is 7.99. The molecule has 0 aromatic heterocycles. The highest BCUT2D eigenvalue weighted by Crippen LogP contribution is 2.39. The fourth-order valence-electron chi connectivity index (χ4n) is 9.91. The fraction of sp³-hybridized carbons (Fsp3) is 0.809. The number of esters is 1. The van der Waals surface area contributed by atoms with Crippen LogP contribution in [0.15, 0.2) is 23.3 Å². The maximum atomic E-state index is 14.4. The van der Waals surface area contributed by atoms with Crippen molar-refractivity contribution in [2.75, 3.05) is 46.0 Å². The Kier molecular flexibility index (Phi) is 21.5. The minimum Gasteiger partial charge on any atom is -0.480 e. The number of carbonyl (C=O) groups is 5. The monoisotopic (exact) mass is 940 g/mol. The smallest absolute Gasteiger partial charge is 0.329 e. The van der Waals surface area contributed by atoms with Gasteiger partial charge in [-0.25, -0.2) is 4.79 Å². The Morgan fingerprint density at radius 3 is 2.34 bits per heavy atom. The zero-order valence-corrected chi connectivity index (χ0v) is 40.1. The number of fused-ring (bicyclic) bond motifs is 3. The molecule has 3 aliphatic heterocycles. The molecule has 65 heavy (non-hydrogen) atoms. The number of allylic oxidation sites excluding steroid dienone is 2. The van der Waals surface area contributed by atoms with Crippen LogP contribution in [0.25, 0.3) is 0 Å². The molecule has 0 radical (unpaired) electrons. The molecule has 3 heterocycles. The molecule has 4 aliphatic rings. The molecule has 18 heteroatoms. The number of hydrogen-bond acceptors (Lipinski definition) is 16. The van der Waals surface area contributed by atoms with Crippen molar-refractivity contribution in [3.05, 3.63) is 23.3 Å². The largest absolute Gasteiger partial charge is 0.480 e. The van der Waals surface area contributed by atoms with Gasteiger partial charge in [-0.15, -0.1) is 0 Å². The van der Waals surface area contributed by atoms with E-state index in [1.165, 1.54) is 33.1 Å². The van der Waals surface area contributed by atoms with Crippen LogP contribution in [-0.4, -0.2) is 166 Å². The van der Waals surface area contributed by atoms with Crippen molar-refractivity contribution >= 4 is 41.2 Å². The van der Waals surface area contributed by atoms with Gasteiger partial charge in [-0.05, 0) is 95.3 Å². The van der Waals surface area contributed by atoms with E-state index in [-0.39, 0.29) is 62.2 Å². The molecule has 0 spiro atoms. The lowest BCUT2D eigenvalue weighted by Gasteiger charge is -2.47. The fourth-order valence-corrected chi connectivity index (χ4v) is 10.8. The van der Waals surface area contributed by atoms with Crippen molar-refractivity contribution < 1.29 is 73.2 Å². The maximum absolute atomic E-state index is 14.4. The summed E-state index contributed by atoms with van der Waals surface area (Å²) in [6.07, 6.45) is 1.88. The highest BCUT2D eigenvalue weighted by Gasteiger charge is 2.57. The number of thioether (sulfide) groups is 1. The molecular formula is C47H76N2O15S. The number of carboxylic acid groups (broad SMARTS) is 1. The number of aliphatic hydroxyl groups excluding tert-OH is 3. The van der Waals surface area contributed by atoms with E-state index in [9.17, 15) is 49.5 Å². The van der Waals surface area contributed by atoms with Crippen LogP contribution in [0.5, 0.6) is 0 Å². The third-order valence-electron chi connectivity index (χ3n) is 14.1. The molecule has 17 nitrogen and oxygen atoms in total. The second-order valence-corrected chi connectivity index (χ2v) is 20.0. The number of nitrogens with two attached hydrogens (primary N) is 1. The number of methoxy groups -OCH3 is 3. The van der Waals surface area contributed by atoms with Gasteiger partial charge in [-0.2, -0.15) is 11.8 Å². The van der Waals surface area contributed by atoms with Gasteiger partial charge in [0.05, 0.1) is 30.5 Å². The van der Waals surface area contributed by atoms with Gasteiger partial charge in [-0.1, -0.05) is 31.6 Å². The van der Waals surface area contributed by atoms with Crippen LogP contribution < -0.4 is 5.73 Å². The van der Waals surface area contributed by atoms with Crippen LogP contribution in [0.2, 0.25) is 0 Å². The number of carboxylic acids is 1. The Morgan fingerprint density at radius 1 is 1.00 bits per heavy atom. The van der Waals surface area contributed by atoms with E-state index in [2.05, 4.69) is 0 Å². The quantitative estimate of drug-likeness (QED) is 0.0671. The first kappa shape index (κ1) is 54.8. The molecule has 7 N–H and O–H groups in total. The Bertz CT molecular complexity index is 1680. The maximum Gasteiger partial charge on any atom is 0.329 e. The molecular weight excluding hydrogens is 865 g/mol. The SMILES string of the molecule is CO[C@H]1C/C(C)=C/[C@@H](CCCSC[C@H](N)C(=O)O)C(=O)C[C@H](O)[C@@H](C)[C@@H](/C(C)=C/[C@@H]2CC[C@@H](O)[C@H](CO)C2)OC(=O)[C@@H]2CCCCN2C(=O)C(=O)[C@]2(O)O[C@H]([C@@H](OC)C1)[C@@H](OC)C[C@H]2C. The number of Topliss-reactive ketones (excluding diaryl/α,β-unsaturated/α-hetero) is 2. The number of aliphatic hydroxyl groups is 4. The van der Waals surface area contributed by atoms with Gasteiger partial charge < -0.3 is 59.9 Å². The van der Waals surface area contributed by atoms with Crippen LogP contribution in [-0.2, 0) is 47.7 Å². The molecule has 370 valence electrons. The lowest BCUT2D eigenvalue weighted by molar-refractivity contribution is -0.303. The molecule has 15 atom stereocenters. The predicted molar refractivity (Wildman–Crippen MR) is 241 cm³/mol. The minimum atomic E-state index is -2.60. The van der Waals surface area contributed by atoms with Gasteiger partial charge in [0, 0.05) is 76.7 Å². The van der Waals surface area contributed by atoms with Gasteiger partial charge in [0.1, 0.15) is 30.1 Å². The number of cyclic esters (lactones) is 1. The van der Waals surface area contributed by atoms with Crippen LogP contribution in [0.4, 0.5) is 0 Å². The first-order chi connectivity index (χ1) is 30.8. The lowest BCUT2D eigenvalue weighted by Crippen LogP contribution is -2.64. The molecule has 0 aromatic rings. The van der Waals surface area contributed by atoms with E-state index >= 15 is 0 Å². The minimum absolute atomic E-state index is 0.0346. The van der Waals surface area contributed by atoms with E-state index in [0.717, 1.165) is 10.5 Å². The van der Waals surface area contributed by atoms with E-state index in [4.69, 9.17) is 29.4 Å². The molecule has 1 amide bonds. The summed E-state index contributed by atoms with van der Waals surface area (Å²) in [6.45, 7) is 6.75. The number of piperidine rings is 1. The van der Waals surface area contributed by atoms with Crippen molar-refractivity contribution in [3.63, 3.8) is 0 Å². The van der Waals surface area contributed by atoms with E-state index in [1.54, 1.807) is 20.8 Å². The predicted octanol–water partition coefficient (Wildman–Crippen LogP) is 2.96. The van der Waals surface area contributed by atoms with Crippen LogP contribution in [0.3, 0.4) is 0 Å². The van der Waals surface area contributed by atoms with E-state index in [1.807, 2.05) is 19.1 Å². The summed E-state index contributed by atoms with van der Waals surface area (Å²) in [6, 6.07) is -2.23. The molecule has 3 fully saturated rings. The summed E-state index contributed by atoms with van der Waals surface area (Å²) in [5, 5.41) is 53.7. The van der Waals surface area contributed by atoms with E-state index in [0.29, 0.717) is 62.7 Å². The van der Waals surface area contributed by atoms with Crippen LogP contribution in [0.1, 0.15) is 105 Å². The molecule has 1 saturated carbocycles. The number of ketones is 2. The second kappa shape index (κ2) is 25.5. The Labute approximate surface area is 388 Å². The van der Waals surface area contributed by atoms with Crippen molar-refractivity contribution in [2.45, 2.75) is 165 Å². The topological polar surface area (TPSA) is 262 Å². The average molecular weight is 941 g/mol. The number of rotatable bonds is 13. The third-order valence-corrected chi connectivity index (χ3v) is 15.2. The Hall–Kier alpha value is -2.78. The third kappa shape index (κ3) is 14.4. The molecule has 1 aliphatic carbocycles. The normalized spacial score (nSPS) is 37.9. The average Bonchev–Trinajstić information content (AvgIpc) is 3.28. The zero-order valence-electron chi connectivity index (χ0n) is 39.3. The lowest BCUT2D eigenvalue weighted by atomic mass is 9.78. The molecule has 4 rings (SSSR count). The summed E-state index contributed by atoms with van der Waals surface area (Å²) in [5.41, 5.74) is 7.09. The number of aliphatic carboxylic acids is 1. The summed E-state index contributed by atoms with van der Waals surface area (Å²) < 4.78 is 30.2. The Morgan fingerprint density at radius 2 is 1.69 bits per heavy atom. The van der Waals surface area contributed by atoms with Crippen molar-refractivity contribution in [1.82, 2.24) is 4.90 Å². The summed E-state index contributed by atoms with van der Waals surface area (Å²) in [7, 11) is 4.48. The van der Waals surface area contributed by atoms with Gasteiger partial charge in [-0.3, -0.25) is 19.2 Å². The molecule has 0 aromatic carbocycles. The van der Waals surface area contributed by atoms with Crippen molar-refractivity contribution in [1.29, 1.82) is 0 Å². The van der Waals surface area contributed by atoms with Crippen LogP contribution in [0, 0.1) is 29.6 Å². The first-order valence-electron chi connectivity index (χ1n) is 23.3. The summed E-state index contributed by atoms with van der Waals surface area (Å²) in [5.74, 6) is -9.15. The van der Waals surface area contributed by atoms with Gasteiger partial charge in [0.15, 0.2) is 0 Å². The summed E-state index contributed by atoms with van der Waals surface area (Å²) in [4.78, 5) is 69.9. The number of nitrogens with zero attached hydrogens (tertiary/aromatic N) is 1. The molecule has 0 unspecified atom stereocenters. The van der Waals surface area contributed by atoms with Gasteiger partial charge in [0.25, 0.3) is 11.7 Å². The number of hydrogen-bond donors (Lipinski definition) is 6. The summed E-state index contributed by atoms with van der Waals surface area (Å²) >= 11 is 1.38. The first-order valence-corrected chi connectivity index (χ1v) is 24.4. The highest BCUT2D eigenvalue weighted by atomic mass is 32.2. The van der Waals surface area contributed by atoms with Crippen molar-refractivity contribution in [2.24, 2.45) is 35.3 Å². The van der Waals surface area contributed by atoms with Crippen molar-refractivity contribution in [3.8, 4) is 0 Å². The standard InChI is InChI=1S/C47H76N2O15S/c1-26-17-31(11-10-16-65-25-34(48)45(56)57)38(53)23-37(52)29(4)41(27(2)19-30-13-14-36(51)32(21-30)24-50)63-46(58)35-12-8-9-15-49(35)44(55)43(54)47(59)28(3)20-39(61-6)42(64-47)40(62-7)22-33(18-26)60-5/h17,19,28-37,39-42,50-52,59H,8-16,18,20-25,48H2,1-7H3,(H,56,57)/b26-17+,27-19+/t28-,29-,30+,31-,32+,33+,34+,35+,36-,37+,39+,40+,41-,42+,47-/m1/s1. The number of amides is 1. The second-order valence-electron chi connectivity index (χ2n) is 18.8. The van der Waals surface area contributed by atoms with Gasteiger partial charge >= 0.3 is 11.9 Å².